The van der Waals surface area contributed by atoms with Gasteiger partial charge in [-0.1, -0.05) is 44.5 Å². The lowest BCUT2D eigenvalue weighted by atomic mass is 9.97. The van der Waals surface area contributed by atoms with E-state index >= 15 is 0 Å². The molecule has 2 atom stereocenters. The first kappa shape index (κ1) is 21.3. The van der Waals surface area contributed by atoms with Crippen molar-refractivity contribution in [2.75, 3.05) is 0 Å². The topological polar surface area (TPSA) is 61.8 Å². The second kappa shape index (κ2) is 10.3. The molecule has 27 heavy (non-hydrogen) atoms. The van der Waals surface area contributed by atoms with Gasteiger partial charge >= 0.3 is 12.1 Å². The number of benzene rings is 1. The molecular formula is C22H32O5. The first-order chi connectivity index (χ1) is 12.8. The van der Waals surface area contributed by atoms with Gasteiger partial charge < -0.3 is 14.2 Å². The monoisotopic (exact) mass is 376 g/mol. The van der Waals surface area contributed by atoms with Crippen LogP contribution < -0.4 is 0 Å². The van der Waals surface area contributed by atoms with Gasteiger partial charge in [-0.25, -0.2) is 4.79 Å². The summed E-state index contributed by atoms with van der Waals surface area (Å²) in [6.07, 6.45) is 4.22. The zero-order valence-electron chi connectivity index (χ0n) is 16.9. The Kier molecular flexibility index (Phi) is 8.14. The molecule has 150 valence electrons. The minimum absolute atomic E-state index is 0.0857. The lowest BCUT2D eigenvalue weighted by Gasteiger charge is -2.23. The van der Waals surface area contributed by atoms with Crippen LogP contribution >= 0.6 is 0 Å². The molecule has 1 aromatic carbocycles. The van der Waals surface area contributed by atoms with Gasteiger partial charge in [-0.2, -0.15) is 0 Å². The van der Waals surface area contributed by atoms with E-state index in [4.69, 9.17) is 14.2 Å². The maximum Gasteiger partial charge on any atom is 0.511 e. The molecule has 1 aliphatic carbocycles. The molecule has 0 bridgehead atoms. The van der Waals surface area contributed by atoms with Gasteiger partial charge in [-0.15, -0.1) is 0 Å². The quantitative estimate of drug-likeness (QED) is 0.473. The van der Waals surface area contributed by atoms with Crippen molar-refractivity contribution in [3.8, 4) is 0 Å². The first-order valence-electron chi connectivity index (χ1n) is 10.0. The molecule has 0 saturated heterocycles. The Hall–Kier alpha value is -2.04. The third-order valence-corrected chi connectivity index (χ3v) is 4.84. The van der Waals surface area contributed by atoms with Gasteiger partial charge in [0.1, 0.15) is 6.10 Å². The van der Waals surface area contributed by atoms with Gasteiger partial charge in [0.25, 0.3) is 0 Å². The predicted molar refractivity (Wildman–Crippen MR) is 103 cm³/mol. The van der Waals surface area contributed by atoms with Crippen molar-refractivity contribution in [2.45, 2.75) is 84.5 Å². The molecule has 2 rings (SSSR count). The molecule has 1 saturated carbocycles. The van der Waals surface area contributed by atoms with E-state index in [9.17, 15) is 9.59 Å². The molecule has 1 unspecified atom stereocenters. The summed E-state index contributed by atoms with van der Waals surface area (Å²) in [6.45, 7) is 7.66. The molecule has 0 N–H and O–H groups in total. The van der Waals surface area contributed by atoms with Crippen molar-refractivity contribution >= 4 is 12.1 Å². The number of ether oxygens (including phenoxy) is 3. The number of esters is 1. The van der Waals surface area contributed by atoms with Gasteiger partial charge in [0.05, 0.1) is 5.92 Å². The number of carbonyl (C=O) groups excluding carboxylic acids is 2. The Morgan fingerprint density at radius 3 is 2.19 bits per heavy atom. The lowest BCUT2D eigenvalue weighted by Crippen LogP contribution is -2.27. The molecule has 5 heteroatoms. The van der Waals surface area contributed by atoms with Gasteiger partial charge in [-0.05, 0) is 56.1 Å². The summed E-state index contributed by atoms with van der Waals surface area (Å²) in [5.74, 6) is -0.271. The van der Waals surface area contributed by atoms with Gasteiger partial charge in [0.15, 0.2) is 0 Å². The van der Waals surface area contributed by atoms with E-state index in [0.29, 0.717) is 5.92 Å². The fourth-order valence-electron chi connectivity index (χ4n) is 3.32. The molecule has 1 aromatic rings. The summed E-state index contributed by atoms with van der Waals surface area (Å²) in [5.41, 5.74) is 2.13. The van der Waals surface area contributed by atoms with E-state index in [1.165, 1.54) is 18.9 Å². The van der Waals surface area contributed by atoms with Crippen LogP contribution in [-0.2, 0) is 25.4 Å². The van der Waals surface area contributed by atoms with E-state index in [0.717, 1.165) is 37.7 Å². The van der Waals surface area contributed by atoms with Crippen LogP contribution in [0.5, 0.6) is 0 Å². The summed E-state index contributed by atoms with van der Waals surface area (Å²) >= 11 is 0. The van der Waals surface area contributed by atoms with E-state index < -0.39 is 24.3 Å². The smallest absolute Gasteiger partial charge is 0.431 e. The zero-order valence-corrected chi connectivity index (χ0v) is 16.9. The molecule has 0 radical (unpaired) electrons. The van der Waals surface area contributed by atoms with Crippen LogP contribution in [0.4, 0.5) is 4.79 Å². The summed E-state index contributed by atoms with van der Waals surface area (Å²) in [6, 6.07) is 7.99. The van der Waals surface area contributed by atoms with Crippen LogP contribution in [0.1, 0.15) is 76.8 Å². The number of carbonyl (C=O) groups is 2. The van der Waals surface area contributed by atoms with Crippen LogP contribution in [-0.4, -0.2) is 24.5 Å². The highest BCUT2D eigenvalue weighted by Gasteiger charge is 2.24. The molecule has 1 fully saturated rings. The largest absolute Gasteiger partial charge is 0.511 e. The molecule has 0 spiro atoms. The van der Waals surface area contributed by atoms with Crippen LogP contribution in [0.2, 0.25) is 0 Å². The highest BCUT2D eigenvalue weighted by atomic mass is 16.8. The molecule has 0 amide bonds. The van der Waals surface area contributed by atoms with Gasteiger partial charge in [0, 0.05) is 6.92 Å². The van der Waals surface area contributed by atoms with Crippen LogP contribution in [0.3, 0.4) is 0 Å². The minimum Gasteiger partial charge on any atom is -0.431 e. The van der Waals surface area contributed by atoms with Crippen LogP contribution in [0.15, 0.2) is 24.3 Å². The van der Waals surface area contributed by atoms with E-state index in [2.05, 4.69) is 13.8 Å². The molecule has 1 aliphatic rings. The second-order valence-electron chi connectivity index (χ2n) is 7.81. The van der Waals surface area contributed by atoms with Gasteiger partial charge in [-0.3, -0.25) is 4.79 Å². The maximum absolute atomic E-state index is 12.3. The normalized spacial score (nSPS) is 17.2. The Morgan fingerprint density at radius 2 is 1.59 bits per heavy atom. The molecule has 5 nitrogen and oxygen atoms in total. The van der Waals surface area contributed by atoms with E-state index in [1.807, 2.05) is 24.3 Å². The third-order valence-electron chi connectivity index (χ3n) is 4.84. The van der Waals surface area contributed by atoms with Gasteiger partial charge in [0.2, 0.25) is 6.29 Å². The number of rotatable bonds is 7. The lowest BCUT2D eigenvalue weighted by molar-refractivity contribution is -0.170. The fourth-order valence-corrected chi connectivity index (χ4v) is 3.32. The second-order valence-corrected chi connectivity index (χ2v) is 7.81. The van der Waals surface area contributed by atoms with Crippen molar-refractivity contribution in [3.63, 3.8) is 0 Å². The Morgan fingerprint density at radius 1 is 0.963 bits per heavy atom. The summed E-state index contributed by atoms with van der Waals surface area (Å²) in [7, 11) is 0. The van der Waals surface area contributed by atoms with Crippen molar-refractivity contribution in [3.05, 3.63) is 35.4 Å². The summed E-state index contributed by atoms with van der Waals surface area (Å²) < 4.78 is 15.6. The molecule has 0 aliphatic heterocycles. The maximum atomic E-state index is 12.3. The highest BCUT2D eigenvalue weighted by Crippen LogP contribution is 2.22. The molecular weight excluding hydrogens is 344 g/mol. The van der Waals surface area contributed by atoms with E-state index in [1.54, 1.807) is 6.92 Å². The van der Waals surface area contributed by atoms with Crippen molar-refractivity contribution < 1.29 is 23.8 Å². The Balaban J connectivity index is 1.79. The summed E-state index contributed by atoms with van der Waals surface area (Å²) in [5, 5.41) is 0. The third kappa shape index (κ3) is 7.24. The zero-order chi connectivity index (χ0) is 19.8. The molecule has 0 heterocycles. The van der Waals surface area contributed by atoms with Crippen LogP contribution in [0, 0.1) is 5.92 Å². The van der Waals surface area contributed by atoms with E-state index in [-0.39, 0.29) is 6.10 Å². The highest BCUT2D eigenvalue weighted by molar-refractivity contribution is 5.77. The SMILES string of the molecule is CC(C)Cc1ccc([C@H](C)C(=O)OC(C)OC(=O)OC2CCCCC2)cc1. The van der Waals surface area contributed by atoms with Crippen LogP contribution in [0.25, 0.3) is 0 Å². The minimum atomic E-state index is -0.976. The number of hydrogen-bond donors (Lipinski definition) is 0. The van der Waals surface area contributed by atoms with Crippen molar-refractivity contribution in [2.24, 2.45) is 5.92 Å². The Labute approximate surface area is 162 Å². The standard InChI is InChI=1S/C22H32O5/c1-15(2)14-18-10-12-19(13-11-18)16(3)21(23)25-17(4)26-22(24)27-20-8-6-5-7-9-20/h10-13,15-17,20H,5-9,14H2,1-4H3/t16-,17?/m0/s1. The first-order valence-corrected chi connectivity index (χ1v) is 10.0. The average Bonchev–Trinajstić information content (AvgIpc) is 2.61. The predicted octanol–water partition coefficient (Wildman–Crippen LogP) is 5.36. The Bertz CT molecular complexity index is 602. The summed E-state index contributed by atoms with van der Waals surface area (Å²) in [4.78, 5) is 24.2. The number of hydrogen-bond acceptors (Lipinski definition) is 5. The average molecular weight is 376 g/mol. The molecule has 0 aromatic heterocycles. The fraction of sp³-hybridized carbons (Fsp3) is 0.636. The van der Waals surface area contributed by atoms with Crippen molar-refractivity contribution in [1.82, 2.24) is 0 Å². The van der Waals surface area contributed by atoms with Crippen molar-refractivity contribution in [1.29, 1.82) is 0 Å².